The van der Waals surface area contributed by atoms with Crippen molar-refractivity contribution in [3.05, 3.63) is 46.7 Å². The average molecular weight is 396 g/mol. The highest BCUT2D eigenvalue weighted by molar-refractivity contribution is 5.95. The van der Waals surface area contributed by atoms with Crippen molar-refractivity contribution in [3.63, 3.8) is 0 Å². The molecular formula is C20H26F2N2O4. The molecule has 1 N–H and O–H groups in total. The minimum absolute atomic E-state index is 0.00320. The zero-order valence-corrected chi connectivity index (χ0v) is 16.6. The first-order chi connectivity index (χ1) is 13.3. The maximum Gasteiger partial charge on any atom is 0.338 e. The zero-order chi connectivity index (χ0) is 20.8. The molecule has 1 heterocycles. The van der Waals surface area contributed by atoms with Gasteiger partial charge < -0.3 is 14.8 Å². The summed E-state index contributed by atoms with van der Waals surface area (Å²) in [5, 5.41) is 2.56. The Morgan fingerprint density at radius 2 is 1.89 bits per heavy atom. The summed E-state index contributed by atoms with van der Waals surface area (Å²) in [6.07, 6.45) is 0.704. The minimum Gasteiger partial charge on any atom is -0.460 e. The fraction of sp³-hybridized carbons (Fsp3) is 0.500. The number of allylic oxidation sites excluding steroid dienone is 1. The Morgan fingerprint density at radius 1 is 1.25 bits per heavy atom. The van der Waals surface area contributed by atoms with Crippen LogP contribution in [0.3, 0.4) is 0 Å². The maximum atomic E-state index is 14.4. The number of nitrogens with one attached hydrogen (secondary N) is 1. The van der Waals surface area contributed by atoms with Crippen LogP contribution in [0.25, 0.3) is 0 Å². The fourth-order valence-electron chi connectivity index (χ4n) is 3.00. The Bertz CT molecular complexity index is 744. The van der Waals surface area contributed by atoms with Crippen molar-refractivity contribution >= 4 is 12.0 Å². The second-order valence-electron chi connectivity index (χ2n) is 6.98. The third-order valence-corrected chi connectivity index (χ3v) is 4.56. The molecule has 0 saturated heterocycles. The Kier molecular flexibility index (Phi) is 7.51. The van der Waals surface area contributed by atoms with Crippen molar-refractivity contribution in [2.75, 3.05) is 26.9 Å². The van der Waals surface area contributed by atoms with Crippen LogP contribution >= 0.6 is 0 Å². The number of carbonyl (C=O) groups is 2. The largest absolute Gasteiger partial charge is 0.460 e. The van der Waals surface area contributed by atoms with Gasteiger partial charge in [-0.1, -0.05) is 19.9 Å². The monoisotopic (exact) mass is 396 g/mol. The van der Waals surface area contributed by atoms with Crippen LogP contribution in [0.1, 0.15) is 38.8 Å². The van der Waals surface area contributed by atoms with E-state index in [0.29, 0.717) is 24.6 Å². The summed E-state index contributed by atoms with van der Waals surface area (Å²) in [6, 6.07) is 1.59. The summed E-state index contributed by atoms with van der Waals surface area (Å²) in [5.41, 5.74) is -0.0691. The summed E-state index contributed by atoms with van der Waals surface area (Å²) in [4.78, 5) is 26.7. The number of halogens is 2. The first-order valence-corrected chi connectivity index (χ1v) is 9.16. The van der Waals surface area contributed by atoms with Crippen molar-refractivity contribution in [2.24, 2.45) is 5.92 Å². The van der Waals surface area contributed by atoms with Crippen LogP contribution in [0.15, 0.2) is 29.5 Å². The van der Waals surface area contributed by atoms with Crippen LogP contribution in [0, 0.1) is 17.6 Å². The smallest absolute Gasteiger partial charge is 0.338 e. The number of carbonyl (C=O) groups excluding carboxylic acids is 2. The van der Waals surface area contributed by atoms with E-state index in [-0.39, 0.29) is 18.8 Å². The standard InChI is InChI=1S/C20H26F2N2O4/c1-12(2)8-9-24-13(3)16(19(25)28-11-10-27-4)18(23-20(24)26)17-14(21)6-5-7-15(17)22/h5-7,12,18H,8-11H2,1-4H3,(H,23,26)/t18-/m1/s1. The quantitative estimate of drug-likeness (QED) is 0.539. The first kappa shape index (κ1) is 21.8. The lowest BCUT2D eigenvalue weighted by Crippen LogP contribution is -2.49. The van der Waals surface area contributed by atoms with Gasteiger partial charge >= 0.3 is 12.0 Å². The summed E-state index contributed by atoms with van der Waals surface area (Å²) < 4.78 is 38.8. The number of nitrogens with zero attached hydrogens (tertiary/aromatic N) is 1. The molecule has 0 unspecified atom stereocenters. The van der Waals surface area contributed by atoms with Crippen LogP contribution in [-0.4, -0.2) is 43.8 Å². The number of hydrogen-bond acceptors (Lipinski definition) is 4. The lowest BCUT2D eigenvalue weighted by Gasteiger charge is -2.35. The number of esters is 1. The molecule has 2 rings (SSSR count). The highest BCUT2D eigenvalue weighted by Gasteiger charge is 2.38. The molecule has 28 heavy (non-hydrogen) atoms. The first-order valence-electron chi connectivity index (χ1n) is 9.16. The van der Waals surface area contributed by atoms with Crippen molar-refractivity contribution in [1.29, 1.82) is 0 Å². The SMILES string of the molecule is COCCOC(=O)C1=C(C)N(CCC(C)C)C(=O)N[C@H]1c1c(F)cccc1F. The average Bonchev–Trinajstić information content (AvgIpc) is 2.61. The molecule has 0 aliphatic carbocycles. The normalized spacial score (nSPS) is 17.2. The highest BCUT2D eigenvalue weighted by atomic mass is 19.1. The number of methoxy groups -OCH3 is 1. The van der Waals surface area contributed by atoms with Crippen molar-refractivity contribution < 1.29 is 27.8 Å². The Balaban J connectivity index is 2.48. The van der Waals surface area contributed by atoms with Crippen molar-refractivity contribution in [1.82, 2.24) is 10.2 Å². The molecule has 1 aromatic carbocycles. The Labute approximate surface area is 163 Å². The van der Waals surface area contributed by atoms with Gasteiger partial charge in [0, 0.05) is 19.4 Å². The zero-order valence-electron chi connectivity index (χ0n) is 16.6. The van der Waals surface area contributed by atoms with Crippen LogP contribution < -0.4 is 5.32 Å². The minimum atomic E-state index is -1.28. The fourth-order valence-corrected chi connectivity index (χ4v) is 3.00. The number of ether oxygens (including phenoxy) is 2. The molecule has 0 saturated carbocycles. The number of amides is 2. The Morgan fingerprint density at radius 3 is 2.46 bits per heavy atom. The molecule has 1 atom stereocenters. The van der Waals surface area contributed by atoms with Crippen LogP contribution in [0.4, 0.5) is 13.6 Å². The molecule has 0 radical (unpaired) electrons. The third kappa shape index (κ3) is 4.86. The predicted molar refractivity (Wildman–Crippen MR) is 99.3 cm³/mol. The maximum absolute atomic E-state index is 14.4. The van der Waals surface area contributed by atoms with E-state index in [1.54, 1.807) is 6.92 Å². The molecule has 2 amide bonds. The van der Waals surface area contributed by atoms with Gasteiger partial charge in [0.15, 0.2) is 0 Å². The van der Waals surface area contributed by atoms with Crippen molar-refractivity contribution in [3.8, 4) is 0 Å². The molecule has 0 bridgehead atoms. The summed E-state index contributed by atoms with van der Waals surface area (Å²) >= 11 is 0. The molecule has 154 valence electrons. The highest BCUT2D eigenvalue weighted by Crippen LogP contribution is 2.34. The van der Waals surface area contributed by atoms with Crippen molar-refractivity contribution in [2.45, 2.75) is 33.2 Å². The summed E-state index contributed by atoms with van der Waals surface area (Å²) in [6.45, 7) is 6.14. The van der Waals surface area contributed by atoms with Gasteiger partial charge in [-0.25, -0.2) is 18.4 Å². The number of hydrogen-bond donors (Lipinski definition) is 1. The van der Waals surface area contributed by atoms with Crippen LogP contribution in [0.5, 0.6) is 0 Å². The topological polar surface area (TPSA) is 67.9 Å². The van der Waals surface area contributed by atoms with Gasteiger partial charge in [0.25, 0.3) is 0 Å². The molecular weight excluding hydrogens is 370 g/mol. The van der Waals surface area contributed by atoms with Gasteiger partial charge in [-0.05, 0) is 31.4 Å². The van der Waals surface area contributed by atoms with E-state index in [0.717, 1.165) is 12.1 Å². The molecule has 0 spiro atoms. The molecule has 1 aliphatic rings. The van der Waals surface area contributed by atoms with Gasteiger partial charge in [0.2, 0.25) is 0 Å². The molecule has 8 heteroatoms. The van der Waals surface area contributed by atoms with Gasteiger partial charge in [0.1, 0.15) is 18.2 Å². The summed E-state index contributed by atoms with van der Waals surface area (Å²) in [7, 11) is 1.46. The van der Waals surface area contributed by atoms with Gasteiger partial charge in [0.05, 0.1) is 23.8 Å². The molecule has 0 fully saturated rings. The van der Waals surface area contributed by atoms with Crippen LogP contribution in [0.2, 0.25) is 0 Å². The molecule has 6 nitrogen and oxygen atoms in total. The summed E-state index contributed by atoms with van der Waals surface area (Å²) in [5.74, 6) is -2.12. The van der Waals surface area contributed by atoms with Gasteiger partial charge in [-0.2, -0.15) is 0 Å². The second-order valence-corrected chi connectivity index (χ2v) is 6.98. The number of urea groups is 1. The molecule has 0 aromatic heterocycles. The van der Waals surface area contributed by atoms with E-state index in [4.69, 9.17) is 9.47 Å². The van der Waals surface area contributed by atoms with E-state index < -0.39 is 35.2 Å². The van der Waals surface area contributed by atoms with Gasteiger partial charge in [-0.15, -0.1) is 0 Å². The second kappa shape index (κ2) is 9.64. The van der Waals surface area contributed by atoms with Gasteiger partial charge in [-0.3, -0.25) is 4.90 Å². The van der Waals surface area contributed by atoms with Crippen LogP contribution in [-0.2, 0) is 14.3 Å². The number of benzene rings is 1. The van der Waals surface area contributed by atoms with E-state index >= 15 is 0 Å². The number of rotatable bonds is 8. The van der Waals surface area contributed by atoms with E-state index in [2.05, 4.69) is 5.32 Å². The third-order valence-electron chi connectivity index (χ3n) is 4.56. The van der Waals surface area contributed by atoms with E-state index in [1.165, 1.54) is 18.1 Å². The lowest BCUT2D eigenvalue weighted by molar-refractivity contribution is -0.140. The lowest BCUT2D eigenvalue weighted by atomic mass is 9.93. The van der Waals surface area contributed by atoms with E-state index in [1.807, 2.05) is 13.8 Å². The molecule has 1 aromatic rings. The molecule has 1 aliphatic heterocycles. The van der Waals surface area contributed by atoms with E-state index in [9.17, 15) is 18.4 Å². The predicted octanol–water partition coefficient (Wildman–Crippen LogP) is 3.54. The Hall–Kier alpha value is -2.48.